The van der Waals surface area contributed by atoms with Gasteiger partial charge in [0.25, 0.3) is 5.91 Å². The number of benzene rings is 3. The van der Waals surface area contributed by atoms with Crippen molar-refractivity contribution < 1.29 is 47.2 Å². The molecule has 3 atom stereocenters. The van der Waals surface area contributed by atoms with Crippen LogP contribution in [0.15, 0.2) is 66.2 Å². The molecule has 3 aliphatic rings. The van der Waals surface area contributed by atoms with Gasteiger partial charge in [-0.25, -0.2) is 8.78 Å². The van der Waals surface area contributed by atoms with E-state index in [4.69, 9.17) is 14.6 Å². The summed E-state index contributed by atoms with van der Waals surface area (Å²) >= 11 is 0. The molecule has 282 valence electrons. The van der Waals surface area contributed by atoms with Crippen molar-refractivity contribution in [2.24, 2.45) is 0 Å². The predicted octanol–water partition coefficient (Wildman–Crippen LogP) is 5.05. The highest BCUT2D eigenvalue weighted by Gasteiger charge is 2.43. The first-order valence-corrected chi connectivity index (χ1v) is 18.0. The molecule has 2 amide bonds. The summed E-state index contributed by atoms with van der Waals surface area (Å²) in [5, 5.41) is 22.8. The van der Waals surface area contributed by atoms with Gasteiger partial charge in [0.15, 0.2) is 17.4 Å². The number of carboxylic acid groups (broad SMARTS) is 1. The molecule has 13 heteroatoms. The van der Waals surface area contributed by atoms with Crippen LogP contribution in [-0.4, -0.2) is 94.9 Å². The van der Waals surface area contributed by atoms with Gasteiger partial charge in [-0.15, -0.1) is 0 Å². The van der Waals surface area contributed by atoms with Gasteiger partial charge >= 0.3 is 5.97 Å². The Morgan fingerprint density at radius 1 is 0.962 bits per heavy atom. The number of carbonyl (C=O) groups is 3. The molecule has 1 saturated heterocycles. The molecule has 3 N–H and O–H groups in total. The Morgan fingerprint density at radius 2 is 1.72 bits per heavy atom. The predicted molar refractivity (Wildman–Crippen MR) is 190 cm³/mol. The molecule has 1 saturated carbocycles. The fourth-order valence-corrected chi connectivity index (χ4v) is 7.10. The number of fused-ring (bicyclic) bond motifs is 2. The first-order chi connectivity index (χ1) is 25.5. The van der Waals surface area contributed by atoms with Crippen molar-refractivity contribution in [2.45, 2.75) is 76.1 Å². The number of hydrogen-bond donors (Lipinski definition) is 3. The minimum atomic E-state index is -1.36. The number of halogens is 3. The van der Waals surface area contributed by atoms with Gasteiger partial charge in [0, 0.05) is 30.7 Å². The molecule has 53 heavy (non-hydrogen) atoms. The van der Waals surface area contributed by atoms with E-state index in [2.05, 4.69) is 5.32 Å². The van der Waals surface area contributed by atoms with Crippen molar-refractivity contribution in [1.29, 1.82) is 0 Å². The zero-order chi connectivity index (χ0) is 37.6. The number of rotatable bonds is 16. The van der Waals surface area contributed by atoms with Crippen LogP contribution in [0.5, 0.6) is 11.5 Å². The number of aryl methyl sites for hydroxylation is 2. The normalized spacial score (nSPS) is 18.8. The molecule has 0 aromatic heterocycles. The average molecular weight is 736 g/mol. The smallest absolute Gasteiger partial charge is 0.305 e. The van der Waals surface area contributed by atoms with Crippen molar-refractivity contribution in [3.8, 4) is 11.5 Å². The molecule has 10 nitrogen and oxygen atoms in total. The van der Waals surface area contributed by atoms with Gasteiger partial charge in [0.1, 0.15) is 12.4 Å². The summed E-state index contributed by atoms with van der Waals surface area (Å²) < 4.78 is 52.7. The van der Waals surface area contributed by atoms with E-state index in [0.717, 1.165) is 46.9 Å². The number of carboxylic acids is 1. The lowest BCUT2D eigenvalue weighted by atomic mass is 9.82. The van der Waals surface area contributed by atoms with E-state index in [1.54, 1.807) is 4.90 Å². The fraction of sp³-hybridized carbons (Fsp3) is 0.425. The number of piperazine rings is 1. The van der Waals surface area contributed by atoms with Crippen LogP contribution < -0.4 is 14.8 Å². The number of nitrogens with one attached hydrogen (secondary N) is 1. The van der Waals surface area contributed by atoms with Crippen molar-refractivity contribution in [3.05, 3.63) is 100 Å². The Balaban J connectivity index is 1.20. The molecular weight excluding hydrogens is 691 g/mol. The summed E-state index contributed by atoms with van der Waals surface area (Å²) in [5.74, 6) is -5.22. The minimum absolute atomic E-state index is 0.0228. The fourth-order valence-electron chi connectivity index (χ4n) is 7.10. The highest BCUT2D eigenvalue weighted by Crippen LogP contribution is 2.37. The van der Waals surface area contributed by atoms with Gasteiger partial charge < -0.3 is 34.8 Å². The van der Waals surface area contributed by atoms with E-state index >= 15 is 0 Å². The lowest BCUT2D eigenvalue weighted by Gasteiger charge is -2.45. The van der Waals surface area contributed by atoms with Crippen LogP contribution in [0.1, 0.15) is 55.2 Å². The number of ether oxygens (including phenoxy) is 2. The minimum Gasteiger partial charge on any atom is -0.492 e. The Hall–Kier alpha value is -4.88. The van der Waals surface area contributed by atoms with Gasteiger partial charge in [-0.3, -0.25) is 14.4 Å². The second kappa shape index (κ2) is 16.9. The van der Waals surface area contributed by atoms with E-state index in [9.17, 15) is 32.7 Å². The van der Waals surface area contributed by atoms with Gasteiger partial charge in [-0.2, -0.15) is 4.39 Å². The maximum absolute atomic E-state index is 14.6. The third kappa shape index (κ3) is 9.57. The summed E-state index contributed by atoms with van der Waals surface area (Å²) in [5.41, 5.74) is 4.30. The first-order valence-electron chi connectivity index (χ1n) is 18.0. The lowest BCUT2D eigenvalue weighted by Crippen LogP contribution is -2.62. The van der Waals surface area contributed by atoms with Gasteiger partial charge in [0.05, 0.1) is 38.1 Å². The number of aliphatic hydroxyl groups excluding tert-OH is 1. The Labute approximate surface area is 306 Å². The van der Waals surface area contributed by atoms with Gasteiger partial charge in [-0.05, 0) is 85.6 Å². The van der Waals surface area contributed by atoms with Crippen LogP contribution in [0.25, 0.3) is 5.57 Å². The molecule has 6 rings (SSSR count). The van der Waals surface area contributed by atoms with E-state index in [1.165, 1.54) is 0 Å². The maximum atomic E-state index is 14.6. The summed E-state index contributed by atoms with van der Waals surface area (Å²) in [6.07, 6.45) is 0.981. The van der Waals surface area contributed by atoms with Crippen molar-refractivity contribution in [3.63, 3.8) is 0 Å². The second-order valence-corrected chi connectivity index (χ2v) is 14.0. The maximum Gasteiger partial charge on any atom is 0.305 e. The quantitative estimate of drug-likeness (QED) is 0.138. The van der Waals surface area contributed by atoms with Crippen LogP contribution in [0.2, 0.25) is 0 Å². The summed E-state index contributed by atoms with van der Waals surface area (Å²) in [6, 6.07) is 16.4. The Kier molecular flexibility index (Phi) is 12.0. The summed E-state index contributed by atoms with van der Waals surface area (Å²) in [4.78, 5) is 42.4. The van der Waals surface area contributed by atoms with E-state index in [1.807, 2.05) is 60.4 Å². The lowest BCUT2D eigenvalue weighted by molar-refractivity contribution is -0.141. The number of aliphatic carboxylic acids is 1. The largest absolute Gasteiger partial charge is 0.492 e. The van der Waals surface area contributed by atoms with E-state index < -0.39 is 47.7 Å². The average Bonchev–Trinajstić information content (AvgIpc) is 3.96. The number of hydrogen-bond acceptors (Lipinski definition) is 7. The van der Waals surface area contributed by atoms with E-state index in [0.29, 0.717) is 50.6 Å². The molecule has 0 radical (unpaired) electrons. The SMILES string of the molecule is Cc1cccc(OCCN(C(=O)C2=C(c3ccc(CCCOc4c(F)ccc(F)c4F)cc3)C[C@@H]3CN(C(=O)C[C@@H](O)CC(=O)O)C[C@H]2N3)C2CC2)c1. The molecule has 1 aliphatic carbocycles. The molecule has 3 aromatic carbocycles. The van der Waals surface area contributed by atoms with Crippen LogP contribution in [0, 0.1) is 24.4 Å². The van der Waals surface area contributed by atoms with E-state index in [-0.39, 0.29) is 43.5 Å². The molecule has 3 aromatic rings. The zero-order valence-electron chi connectivity index (χ0n) is 29.5. The number of aliphatic hydroxyl groups is 1. The van der Waals surface area contributed by atoms with Gasteiger partial charge in [0.2, 0.25) is 11.7 Å². The third-order valence-corrected chi connectivity index (χ3v) is 9.81. The topological polar surface area (TPSA) is 129 Å². The van der Waals surface area contributed by atoms with Crippen molar-refractivity contribution in [2.75, 3.05) is 32.8 Å². The Morgan fingerprint density at radius 3 is 2.43 bits per heavy atom. The molecule has 0 spiro atoms. The van der Waals surface area contributed by atoms with Crippen LogP contribution in [0.4, 0.5) is 13.2 Å². The second-order valence-electron chi connectivity index (χ2n) is 14.0. The zero-order valence-corrected chi connectivity index (χ0v) is 29.5. The van der Waals surface area contributed by atoms with Crippen LogP contribution in [0.3, 0.4) is 0 Å². The Bertz CT molecular complexity index is 1850. The monoisotopic (exact) mass is 735 g/mol. The number of carbonyl (C=O) groups excluding carboxylic acids is 2. The third-order valence-electron chi connectivity index (χ3n) is 9.81. The molecule has 2 heterocycles. The van der Waals surface area contributed by atoms with Gasteiger partial charge in [-0.1, -0.05) is 36.4 Å². The molecule has 2 aliphatic heterocycles. The highest BCUT2D eigenvalue weighted by atomic mass is 19.2. The molecule has 2 bridgehead atoms. The molecular formula is C40H44F3N3O7. The molecule has 2 fully saturated rings. The highest BCUT2D eigenvalue weighted by molar-refractivity contribution is 6.03. The summed E-state index contributed by atoms with van der Waals surface area (Å²) in [7, 11) is 0. The summed E-state index contributed by atoms with van der Waals surface area (Å²) in [6.45, 7) is 3.15. The van der Waals surface area contributed by atoms with Crippen molar-refractivity contribution >= 4 is 23.4 Å². The number of nitrogens with zero attached hydrogens (tertiary/aromatic N) is 2. The van der Waals surface area contributed by atoms with Crippen molar-refractivity contribution in [1.82, 2.24) is 15.1 Å². The first kappa shape index (κ1) is 37.9. The standard InChI is InChI=1S/C40H44F3N3O7/c1-24-4-2-6-30(18-24)52-17-15-46(28-11-12-28)40(51)37-31(19-27-22-45(23-34(37)44-27)35(48)20-29(47)21-36(49)50)26-9-7-25(8-10-26)5-3-16-53-39-33(42)14-13-32(41)38(39)43/h2,4,6-10,13-14,18,27-29,34,44,47H,3,5,11-12,15-17,19-23H2,1H3,(H,49,50)/t27-,29-,34-/m1/s1. The van der Waals surface area contributed by atoms with Crippen LogP contribution >= 0.6 is 0 Å². The molecule has 0 unspecified atom stereocenters. The van der Waals surface area contributed by atoms with Crippen LogP contribution in [-0.2, 0) is 20.8 Å². The number of amides is 2.